The van der Waals surface area contributed by atoms with Gasteiger partial charge in [-0.3, -0.25) is 13.9 Å². The predicted molar refractivity (Wildman–Crippen MR) is 98.1 cm³/mol. The molecule has 132 valence electrons. The fraction of sp³-hybridized carbons (Fsp3) is 0.200. The molecule has 0 saturated carbocycles. The summed E-state index contributed by atoms with van der Waals surface area (Å²) in [7, 11) is 3.34. The number of nitrogens with zero attached hydrogens (tertiary/aromatic N) is 3. The number of aromatic nitrogens is 2. The first-order chi connectivity index (χ1) is 12.4. The van der Waals surface area contributed by atoms with E-state index in [0.29, 0.717) is 13.1 Å². The molecular formula is C20H19N3O3. The van der Waals surface area contributed by atoms with Gasteiger partial charge in [0.25, 0.3) is 5.91 Å². The van der Waals surface area contributed by atoms with E-state index in [1.807, 2.05) is 36.4 Å². The third-order valence-electron chi connectivity index (χ3n) is 4.88. The number of aromatic hydroxyl groups is 1. The fourth-order valence-electron chi connectivity index (χ4n) is 3.33. The molecule has 0 bridgehead atoms. The third kappa shape index (κ3) is 2.60. The molecule has 1 aliphatic rings. The Labute approximate surface area is 150 Å². The van der Waals surface area contributed by atoms with E-state index in [2.05, 4.69) is 6.07 Å². The van der Waals surface area contributed by atoms with Gasteiger partial charge in [0.2, 0.25) is 5.88 Å². The molecule has 1 aromatic heterocycles. The van der Waals surface area contributed by atoms with Crippen LogP contribution in [-0.2, 0) is 20.1 Å². The highest BCUT2D eigenvalue weighted by molar-refractivity contribution is 5.98. The van der Waals surface area contributed by atoms with Crippen molar-refractivity contribution in [1.82, 2.24) is 14.0 Å². The summed E-state index contributed by atoms with van der Waals surface area (Å²) in [6.45, 7) is 1.04. The van der Waals surface area contributed by atoms with Crippen molar-refractivity contribution in [3.8, 4) is 17.0 Å². The average molecular weight is 349 g/mol. The number of benzene rings is 2. The van der Waals surface area contributed by atoms with Crippen molar-refractivity contribution in [2.24, 2.45) is 7.05 Å². The van der Waals surface area contributed by atoms with Crippen LogP contribution in [0.25, 0.3) is 11.1 Å². The van der Waals surface area contributed by atoms with Crippen LogP contribution in [0.3, 0.4) is 0 Å². The minimum atomic E-state index is -0.251. The molecule has 0 radical (unpaired) electrons. The summed E-state index contributed by atoms with van der Waals surface area (Å²) in [5.74, 6) is 0.0164. The van der Waals surface area contributed by atoms with Crippen LogP contribution < -0.4 is 5.69 Å². The molecule has 0 atom stereocenters. The summed E-state index contributed by atoms with van der Waals surface area (Å²) >= 11 is 0. The van der Waals surface area contributed by atoms with Crippen LogP contribution in [0.15, 0.2) is 53.5 Å². The van der Waals surface area contributed by atoms with E-state index in [1.54, 1.807) is 11.9 Å². The van der Waals surface area contributed by atoms with Crippen LogP contribution in [0.4, 0.5) is 0 Å². The van der Waals surface area contributed by atoms with Gasteiger partial charge < -0.3 is 10.0 Å². The normalized spacial score (nSPS) is 13.3. The molecule has 4 rings (SSSR count). The van der Waals surface area contributed by atoms with E-state index in [0.717, 1.165) is 27.8 Å². The van der Waals surface area contributed by atoms with Gasteiger partial charge in [0.1, 0.15) is 0 Å². The number of imidazole rings is 1. The molecule has 1 aliphatic heterocycles. The standard InChI is InChI=1S/C20H19N3O3/c1-21-11-16-9-15(7-8-17(16)19(21)25)14-5-3-13(4-6-14)10-23-12-18(24)22(2)20(23)26/h3-9,12,24H,10-11H2,1-2H3. The van der Waals surface area contributed by atoms with E-state index in [9.17, 15) is 14.7 Å². The van der Waals surface area contributed by atoms with E-state index >= 15 is 0 Å². The molecule has 0 unspecified atom stereocenters. The third-order valence-corrected chi connectivity index (χ3v) is 4.88. The topological polar surface area (TPSA) is 67.5 Å². The maximum atomic E-state index is 12.0. The van der Waals surface area contributed by atoms with E-state index in [4.69, 9.17) is 0 Å². The minimum absolute atomic E-state index is 0.0516. The zero-order valence-corrected chi connectivity index (χ0v) is 14.6. The Hall–Kier alpha value is -3.28. The van der Waals surface area contributed by atoms with Gasteiger partial charge in [-0.1, -0.05) is 30.3 Å². The second-order valence-electron chi connectivity index (χ2n) is 6.69. The number of carbonyl (C=O) groups excluding carboxylic acids is 1. The molecule has 3 aromatic rings. The largest absolute Gasteiger partial charge is 0.493 e. The number of hydrogen-bond acceptors (Lipinski definition) is 3. The Kier molecular flexibility index (Phi) is 3.68. The van der Waals surface area contributed by atoms with Crippen LogP contribution in [0.5, 0.6) is 5.88 Å². The molecule has 1 amide bonds. The Morgan fingerprint density at radius 2 is 1.69 bits per heavy atom. The van der Waals surface area contributed by atoms with Crippen molar-refractivity contribution in [2.75, 3.05) is 7.05 Å². The quantitative estimate of drug-likeness (QED) is 0.788. The highest BCUT2D eigenvalue weighted by atomic mass is 16.3. The van der Waals surface area contributed by atoms with Gasteiger partial charge in [-0.15, -0.1) is 0 Å². The molecule has 2 heterocycles. The SMILES string of the molecule is CN1Cc2cc(-c3ccc(Cn4cc(O)n(C)c4=O)cc3)ccc2C1=O. The molecule has 0 fully saturated rings. The summed E-state index contributed by atoms with van der Waals surface area (Å²) in [5, 5.41) is 9.62. The Balaban J connectivity index is 1.59. The van der Waals surface area contributed by atoms with Crippen LogP contribution in [0.1, 0.15) is 21.5 Å². The minimum Gasteiger partial charge on any atom is -0.493 e. The molecule has 0 spiro atoms. The van der Waals surface area contributed by atoms with Gasteiger partial charge in [-0.05, 0) is 34.4 Å². The van der Waals surface area contributed by atoms with Crippen LogP contribution in [0.2, 0.25) is 0 Å². The summed E-state index contributed by atoms with van der Waals surface area (Å²) in [6.07, 6.45) is 1.43. The first-order valence-corrected chi connectivity index (χ1v) is 8.37. The fourth-order valence-corrected chi connectivity index (χ4v) is 3.33. The maximum Gasteiger partial charge on any atom is 0.331 e. The number of amides is 1. The van der Waals surface area contributed by atoms with Gasteiger partial charge in [0, 0.05) is 26.2 Å². The molecule has 0 aliphatic carbocycles. The molecule has 26 heavy (non-hydrogen) atoms. The van der Waals surface area contributed by atoms with Crippen molar-refractivity contribution in [3.63, 3.8) is 0 Å². The Morgan fingerprint density at radius 1 is 1.00 bits per heavy atom. The predicted octanol–water partition coefficient (Wildman–Crippen LogP) is 2.19. The summed E-state index contributed by atoms with van der Waals surface area (Å²) < 4.78 is 2.68. The lowest BCUT2D eigenvalue weighted by atomic mass is 9.99. The van der Waals surface area contributed by atoms with Crippen molar-refractivity contribution in [1.29, 1.82) is 0 Å². The average Bonchev–Trinajstić information content (AvgIpc) is 3.06. The first-order valence-electron chi connectivity index (χ1n) is 8.37. The summed E-state index contributed by atoms with van der Waals surface area (Å²) in [4.78, 5) is 25.7. The molecule has 1 N–H and O–H groups in total. The number of rotatable bonds is 3. The smallest absolute Gasteiger partial charge is 0.331 e. The molecule has 6 nitrogen and oxygen atoms in total. The zero-order chi connectivity index (χ0) is 18.4. The van der Waals surface area contributed by atoms with Crippen molar-refractivity contribution in [2.45, 2.75) is 13.1 Å². The lowest BCUT2D eigenvalue weighted by molar-refractivity contribution is 0.0816. The first kappa shape index (κ1) is 16.2. The van der Waals surface area contributed by atoms with Gasteiger partial charge >= 0.3 is 5.69 Å². The Bertz CT molecular complexity index is 1060. The number of carbonyl (C=O) groups is 1. The lowest BCUT2D eigenvalue weighted by Crippen LogP contribution is -2.22. The second kappa shape index (κ2) is 5.91. The Morgan fingerprint density at radius 3 is 2.35 bits per heavy atom. The number of fused-ring (bicyclic) bond motifs is 1. The molecule has 6 heteroatoms. The lowest BCUT2D eigenvalue weighted by Gasteiger charge is -2.07. The monoisotopic (exact) mass is 349 g/mol. The highest BCUT2D eigenvalue weighted by Gasteiger charge is 2.24. The summed E-state index contributed by atoms with van der Waals surface area (Å²) in [6, 6.07) is 13.9. The van der Waals surface area contributed by atoms with Gasteiger partial charge in [0.05, 0.1) is 12.7 Å². The molecular weight excluding hydrogens is 330 g/mol. The van der Waals surface area contributed by atoms with Gasteiger partial charge in [0.15, 0.2) is 0 Å². The van der Waals surface area contributed by atoms with Crippen LogP contribution in [0, 0.1) is 0 Å². The number of hydrogen-bond donors (Lipinski definition) is 1. The van der Waals surface area contributed by atoms with Crippen molar-refractivity contribution in [3.05, 3.63) is 75.8 Å². The second-order valence-corrected chi connectivity index (χ2v) is 6.69. The van der Waals surface area contributed by atoms with Crippen molar-refractivity contribution < 1.29 is 9.90 Å². The van der Waals surface area contributed by atoms with Crippen LogP contribution in [-0.4, -0.2) is 32.1 Å². The van der Waals surface area contributed by atoms with E-state index < -0.39 is 0 Å². The van der Waals surface area contributed by atoms with E-state index in [1.165, 1.54) is 22.4 Å². The van der Waals surface area contributed by atoms with Gasteiger partial charge in [-0.25, -0.2) is 4.79 Å². The highest BCUT2D eigenvalue weighted by Crippen LogP contribution is 2.28. The van der Waals surface area contributed by atoms with Crippen LogP contribution >= 0.6 is 0 Å². The zero-order valence-electron chi connectivity index (χ0n) is 14.6. The summed E-state index contributed by atoms with van der Waals surface area (Å²) in [5.41, 5.74) is 4.66. The van der Waals surface area contributed by atoms with Gasteiger partial charge in [-0.2, -0.15) is 0 Å². The van der Waals surface area contributed by atoms with E-state index in [-0.39, 0.29) is 17.5 Å². The molecule has 0 saturated heterocycles. The maximum absolute atomic E-state index is 12.0. The van der Waals surface area contributed by atoms with Crippen molar-refractivity contribution >= 4 is 5.91 Å². The molecule has 2 aromatic carbocycles.